The van der Waals surface area contributed by atoms with Crippen LogP contribution in [0.3, 0.4) is 0 Å². The number of anilines is 2. The summed E-state index contributed by atoms with van der Waals surface area (Å²) in [6.45, 7) is 0. The van der Waals surface area contributed by atoms with E-state index in [-0.39, 0.29) is 6.03 Å². The van der Waals surface area contributed by atoms with E-state index in [1.807, 2.05) is 22.9 Å². The number of carbonyl (C=O) groups excluding carboxylic acids is 1. The van der Waals surface area contributed by atoms with Gasteiger partial charge >= 0.3 is 6.03 Å². The van der Waals surface area contributed by atoms with Crippen LogP contribution in [0, 0.1) is 0 Å². The number of urea groups is 1. The third-order valence-electron chi connectivity index (χ3n) is 2.62. The van der Waals surface area contributed by atoms with Crippen molar-refractivity contribution >= 4 is 51.1 Å². The average Bonchev–Trinajstić information content (AvgIpc) is 3.12. The van der Waals surface area contributed by atoms with Gasteiger partial charge in [-0.15, -0.1) is 22.7 Å². The first-order chi connectivity index (χ1) is 10.2. The fraction of sp³-hybridized carbons (Fsp3) is 0. The van der Waals surface area contributed by atoms with Gasteiger partial charge in [-0.3, -0.25) is 5.32 Å². The van der Waals surface area contributed by atoms with Gasteiger partial charge in [-0.2, -0.15) is 0 Å². The van der Waals surface area contributed by atoms with E-state index in [9.17, 15) is 4.79 Å². The Balaban J connectivity index is 1.67. The van der Waals surface area contributed by atoms with Crippen LogP contribution >= 0.6 is 34.3 Å². The first-order valence-electron chi connectivity index (χ1n) is 6.04. The van der Waals surface area contributed by atoms with Crippen molar-refractivity contribution in [1.29, 1.82) is 0 Å². The van der Waals surface area contributed by atoms with Crippen LogP contribution in [0.25, 0.3) is 10.6 Å². The van der Waals surface area contributed by atoms with Crippen molar-refractivity contribution in [2.75, 3.05) is 10.6 Å². The first kappa shape index (κ1) is 14.1. The van der Waals surface area contributed by atoms with Crippen LogP contribution in [0.2, 0.25) is 5.02 Å². The molecule has 0 aliphatic heterocycles. The number of nitrogens with one attached hydrogen (secondary N) is 2. The molecule has 0 aliphatic rings. The first-order valence-corrected chi connectivity index (χ1v) is 8.18. The summed E-state index contributed by atoms with van der Waals surface area (Å²) in [6.07, 6.45) is 0. The molecule has 2 N–H and O–H groups in total. The molecule has 3 rings (SSSR count). The van der Waals surface area contributed by atoms with Crippen LogP contribution in [-0.4, -0.2) is 11.0 Å². The lowest BCUT2D eigenvalue weighted by Crippen LogP contribution is -2.19. The maximum absolute atomic E-state index is 11.9. The zero-order valence-corrected chi connectivity index (χ0v) is 13.1. The van der Waals surface area contributed by atoms with Gasteiger partial charge in [-0.05, 0) is 23.6 Å². The predicted molar refractivity (Wildman–Crippen MR) is 89.5 cm³/mol. The zero-order chi connectivity index (χ0) is 14.7. The number of para-hydroxylation sites is 1. The molecule has 1 aromatic carbocycles. The summed E-state index contributed by atoms with van der Waals surface area (Å²) in [4.78, 5) is 17.4. The molecule has 0 bridgehead atoms. The molecule has 0 saturated heterocycles. The Morgan fingerprint density at radius 2 is 1.95 bits per heavy atom. The molecule has 7 heteroatoms. The molecule has 0 unspecified atom stereocenters. The summed E-state index contributed by atoms with van der Waals surface area (Å²) in [6, 6.07) is 10.7. The average molecular weight is 336 g/mol. The maximum atomic E-state index is 11.9. The number of amides is 2. The van der Waals surface area contributed by atoms with E-state index < -0.39 is 0 Å². The van der Waals surface area contributed by atoms with E-state index in [4.69, 9.17) is 11.6 Å². The summed E-state index contributed by atoms with van der Waals surface area (Å²) >= 11 is 8.98. The molecule has 0 aliphatic carbocycles. The van der Waals surface area contributed by atoms with E-state index in [2.05, 4.69) is 15.6 Å². The molecule has 21 heavy (non-hydrogen) atoms. The minimum Gasteiger partial charge on any atom is -0.306 e. The Bertz CT molecular complexity index is 755. The van der Waals surface area contributed by atoms with Gasteiger partial charge in [0, 0.05) is 5.38 Å². The normalized spacial score (nSPS) is 10.3. The number of aromatic nitrogens is 1. The van der Waals surface area contributed by atoms with Crippen LogP contribution in [-0.2, 0) is 0 Å². The second-order valence-electron chi connectivity index (χ2n) is 4.07. The highest BCUT2D eigenvalue weighted by atomic mass is 35.5. The molecule has 2 heterocycles. The molecule has 3 aromatic rings. The van der Waals surface area contributed by atoms with Gasteiger partial charge in [-0.1, -0.05) is 29.8 Å². The van der Waals surface area contributed by atoms with E-state index in [1.54, 1.807) is 35.6 Å². The molecular formula is C14H10ClN3OS2. The number of carbonyl (C=O) groups is 1. The van der Waals surface area contributed by atoms with E-state index >= 15 is 0 Å². The highest BCUT2D eigenvalue weighted by Gasteiger charge is 2.09. The molecular weight excluding hydrogens is 326 g/mol. The molecule has 106 valence electrons. The summed E-state index contributed by atoms with van der Waals surface area (Å²) in [7, 11) is 0. The molecule has 0 radical (unpaired) electrons. The number of hydrogen-bond donors (Lipinski definition) is 2. The molecule has 0 atom stereocenters. The third-order valence-corrected chi connectivity index (χ3v) is 4.60. The highest BCUT2D eigenvalue weighted by molar-refractivity contribution is 7.16. The Hall–Kier alpha value is -1.89. The largest absolute Gasteiger partial charge is 0.325 e. The SMILES string of the molecule is O=C(Nc1nc(-c2cccs2)cs1)Nc1ccccc1Cl. The summed E-state index contributed by atoms with van der Waals surface area (Å²) in [5.41, 5.74) is 1.43. The van der Waals surface area contributed by atoms with Gasteiger partial charge in [0.2, 0.25) is 0 Å². The number of nitrogens with zero attached hydrogens (tertiary/aromatic N) is 1. The van der Waals surface area contributed by atoms with Gasteiger partial charge in [-0.25, -0.2) is 9.78 Å². The van der Waals surface area contributed by atoms with E-state index in [0.29, 0.717) is 15.8 Å². The van der Waals surface area contributed by atoms with Crippen LogP contribution in [0.15, 0.2) is 47.2 Å². The Morgan fingerprint density at radius 1 is 1.10 bits per heavy atom. The number of benzene rings is 1. The van der Waals surface area contributed by atoms with Gasteiger partial charge in [0.1, 0.15) is 0 Å². The van der Waals surface area contributed by atoms with Crippen molar-refractivity contribution in [2.24, 2.45) is 0 Å². The summed E-state index contributed by atoms with van der Waals surface area (Å²) in [5, 5.41) is 10.3. The molecule has 0 fully saturated rings. The van der Waals surface area contributed by atoms with E-state index in [1.165, 1.54) is 11.3 Å². The lowest BCUT2D eigenvalue weighted by atomic mass is 10.3. The minimum atomic E-state index is -0.366. The van der Waals surface area contributed by atoms with Crippen LogP contribution in [0.1, 0.15) is 0 Å². The summed E-state index contributed by atoms with van der Waals surface area (Å²) in [5.74, 6) is 0. The van der Waals surface area contributed by atoms with Crippen molar-refractivity contribution < 1.29 is 4.79 Å². The monoisotopic (exact) mass is 335 g/mol. The van der Waals surface area contributed by atoms with Crippen LogP contribution in [0.4, 0.5) is 15.6 Å². The maximum Gasteiger partial charge on any atom is 0.325 e. The zero-order valence-electron chi connectivity index (χ0n) is 10.7. The standard InChI is InChI=1S/C14H10ClN3OS2/c15-9-4-1-2-5-10(9)16-13(19)18-14-17-11(8-21-14)12-6-3-7-20-12/h1-8H,(H2,16,17,18,19). The minimum absolute atomic E-state index is 0.366. The van der Waals surface area contributed by atoms with Gasteiger partial charge in [0.15, 0.2) is 5.13 Å². The number of rotatable bonds is 3. The van der Waals surface area contributed by atoms with Crippen molar-refractivity contribution in [3.63, 3.8) is 0 Å². The highest BCUT2D eigenvalue weighted by Crippen LogP contribution is 2.28. The quantitative estimate of drug-likeness (QED) is 0.693. The molecule has 0 spiro atoms. The van der Waals surface area contributed by atoms with Crippen molar-refractivity contribution in [2.45, 2.75) is 0 Å². The number of hydrogen-bond acceptors (Lipinski definition) is 4. The Morgan fingerprint density at radius 3 is 2.71 bits per heavy atom. The van der Waals surface area contributed by atoms with Crippen molar-refractivity contribution in [1.82, 2.24) is 4.98 Å². The predicted octanol–water partition coefficient (Wildman–Crippen LogP) is 5.17. The van der Waals surface area contributed by atoms with Gasteiger partial charge in [0.05, 0.1) is 21.3 Å². The lowest BCUT2D eigenvalue weighted by molar-refractivity contribution is 0.262. The topological polar surface area (TPSA) is 54.0 Å². The molecule has 0 saturated carbocycles. The van der Waals surface area contributed by atoms with Crippen molar-refractivity contribution in [3.05, 3.63) is 52.2 Å². The Kier molecular flexibility index (Phi) is 4.19. The molecule has 2 amide bonds. The Labute approximate surface area is 134 Å². The van der Waals surface area contributed by atoms with E-state index in [0.717, 1.165) is 10.6 Å². The smallest absolute Gasteiger partial charge is 0.306 e. The van der Waals surface area contributed by atoms with Crippen LogP contribution < -0.4 is 10.6 Å². The van der Waals surface area contributed by atoms with Crippen LogP contribution in [0.5, 0.6) is 0 Å². The van der Waals surface area contributed by atoms with Gasteiger partial charge < -0.3 is 5.32 Å². The number of thiazole rings is 1. The number of thiophene rings is 1. The second-order valence-corrected chi connectivity index (χ2v) is 6.29. The molecule has 2 aromatic heterocycles. The third kappa shape index (κ3) is 3.41. The number of halogens is 1. The fourth-order valence-electron chi connectivity index (χ4n) is 1.68. The van der Waals surface area contributed by atoms with Crippen molar-refractivity contribution in [3.8, 4) is 10.6 Å². The fourth-order valence-corrected chi connectivity index (χ4v) is 3.33. The lowest BCUT2D eigenvalue weighted by Gasteiger charge is -2.06. The summed E-state index contributed by atoms with van der Waals surface area (Å²) < 4.78 is 0. The molecule has 4 nitrogen and oxygen atoms in total. The van der Waals surface area contributed by atoms with Gasteiger partial charge in [0.25, 0.3) is 0 Å². The second kappa shape index (κ2) is 6.26.